The average molecular weight is 286 g/mol. The number of likely N-dealkylation sites (tertiary alicyclic amines) is 1. The van der Waals surface area contributed by atoms with Gasteiger partial charge in [0.25, 0.3) is 0 Å². The van der Waals surface area contributed by atoms with Crippen molar-refractivity contribution in [1.82, 2.24) is 10.2 Å². The topological polar surface area (TPSA) is 15.3 Å². The zero-order valence-corrected chi connectivity index (χ0v) is 13.6. The molecule has 2 unspecified atom stereocenters. The van der Waals surface area contributed by atoms with Crippen LogP contribution in [-0.2, 0) is 13.0 Å². The fraction of sp³-hybridized carbons (Fsp3) is 0.684. The highest BCUT2D eigenvalue weighted by atomic mass is 15.2. The van der Waals surface area contributed by atoms with Crippen molar-refractivity contribution in [1.29, 1.82) is 0 Å². The number of nitrogens with zero attached hydrogens (tertiary/aromatic N) is 1. The Labute approximate surface area is 129 Å². The van der Waals surface area contributed by atoms with E-state index in [4.69, 9.17) is 0 Å². The summed E-state index contributed by atoms with van der Waals surface area (Å²) in [5, 5.41) is 3.64. The van der Waals surface area contributed by atoms with Crippen molar-refractivity contribution in [3.05, 3.63) is 35.4 Å². The Balaban J connectivity index is 1.58. The van der Waals surface area contributed by atoms with E-state index in [0.717, 1.165) is 31.1 Å². The first-order valence-corrected chi connectivity index (χ1v) is 8.76. The highest BCUT2D eigenvalue weighted by molar-refractivity contribution is 5.27. The fourth-order valence-corrected chi connectivity index (χ4v) is 3.56. The molecule has 2 atom stereocenters. The molecule has 0 radical (unpaired) electrons. The summed E-state index contributed by atoms with van der Waals surface area (Å²) in [6.07, 6.45) is 6.64. The van der Waals surface area contributed by atoms with Crippen LogP contribution in [0.25, 0.3) is 0 Å². The Morgan fingerprint density at radius 3 is 2.57 bits per heavy atom. The lowest BCUT2D eigenvalue weighted by atomic mass is 9.92. The van der Waals surface area contributed by atoms with Gasteiger partial charge in [0.05, 0.1) is 0 Å². The molecule has 0 aromatic heterocycles. The van der Waals surface area contributed by atoms with Crippen LogP contribution in [0.4, 0.5) is 0 Å². The monoisotopic (exact) mass is 286 g/mol. The maximum Gasteiger partial charge on any atom is 0.0239 e. The first kappa shape index (κ1) is 15.1. The van der Waals surface area contributed by atoms with Gasteiger partial charge in [0.1, 0.15) is 0 Å². The van der Waals surface area contributed by atoms with Gasteiger partial charge in [0.15, 0.2) is 0 Å². The Hall–Kier alpha value is -0.860. The molecule has 1 aliphatic carbocycles. The molecule has 2 heteroatoms. The standard InChI is InChI=1S/C19H30N2/c1-15-10-12-21(16(2)13-15)14-18-6-4-3-5-17(18)9-11-20-19-7-8-19/h3-6,15-16,19-20H,7-14H2,1-2H3. The summed E-state index contributed by atoms with van der Waals surface area (Å²) in [6.45, 7) is 8.32. The highest BCUT2D eigenvalue weighted by Crippen LogP contribution is 2.25. The quantitative estimate of drug-likeness (QED) is 0.859. The van der Waals surface area contributed by atoms with Crippen LogP contribution in [0.5, 0.6) is 0 Å². The van der Waals surface area contributed by atoms with Crippen molar-refractivity contribution in [2.75, 3.05) is 13.1 Å². The molecule has 116 valence electrons. The molecule has 0 spiro atoms. The van der Waals surface area contributed by atoms with Gasteiger partial charge in [-0.1, -0.05) is 31.2 Å². The van der Waals surface area contributed by atoms with Crippen molar-refractivity contribution in [2.45, 2.75) is 64.6 Å². The molecule has 0 bridgehead atoms. The van der Waals surface area contributed by atoms with E-state index in [1.54, 1.807) is 0 Å². The summed E-state index contributed by atoms with van der Waals surface area (Å²) >= 11 is 0. The van der Waals surface area contributed by atoms with Gasteiger partial charge < -0.3 is 5.32 Å². The van der Waals surface area contributed by atoms with Crippen molar-refractivity contribution in [3.8, 4) is 0 Å². The molecule has 0 amide bonds. The van der Waals surface area contributed by atoms with Gasteiger partial charge >= 0.3 is 0 Å². The number of benzene rings is 1. The summed E-state index contributed by atoms with van der Waals surface area (Å²) in [5.74, 6) is 0.897. The largest absolute Gasteiger partial charge is 0.314 e. The highest BCUT2D eigenvalue weighted by Gasteiger charge is 2.23. The van der Waals surface area contributed by atoms with Crippen LogP contribution in [0.2, 0.25) is 0 Å². The Morgan fingerprint density at radius 1 is 1.10 bits per heavy atom. The number of hydrogen-bond acceptors (Lipinski definition) is 2. The van der Waals surface area contributed by atoms with E-state index in [1.165, 1.54) is 49.8 Å². The van der Waals surface area contributed by atoms with E-state index < -0.39 is 0 Å². The fourth-order valence-electron chi connectivity index (χ4n) is 3.56. The number of hydrogen-bond donors (Lipinski definition) is 1. The van der Waals surface area contributed by atoms with Crippen LogP contribution in [0.1, 0.15) is 50.7 Å². The van der Waals surface area contributed by atoms with Crippen LogP contribution in [0.3, 0.4) is 0 Å². The van der Waals surface area contributed by atoms with Crippen LogP contribution in [-0.4, -0.2) is 30.1 Å². The Morgan fingerprint density at radius 2 is 1.86 bits per heavy atom. The molecule has 1 aromatic rings. The summed E-state index contributed by atoms with van der Waals surface area (Å²) in [4.78, 5) is 2.67. The van der Waals surface area contributed by atoms with Gasteiger partial charge in [-0.05, 0) is 69.2 Å². The summed E-state index contributed by atoms with van der Waals surface area (Å²) in [6, 6.07) is 10.6. The zero-order valence-electron chi connectivity index (χ0n) is 13.6. The van der Waals surface area contributed by atoms with Crippen LogP contribution in [0.15, 0.2) is 24.3 Å². The van der Waals surface area contributed by atoms with Crippen LogP contribution < -0.4 is 5.32 Å². The van der Waals surface area contributed by atoms with Gasteiger partial charge in [-0.2, -0.15) is 0 Å². The van der Waals surface area contributed by atoms with Gasteiger partial charge in [-0.15, -0.1) is 0 Å². The van der Waals surface area contributed by atoms with E-state index in [2.05, 4.69) is 48.3 Å². The lowest BCUT2D eigenvalue weighted by molar-refractivity contribution is 0.122. The second-order valence-corrected chi connectivity index (χ2v) is 7.20. The number of rotatable bonds is 6. The first-order valence-electron chi connectivity index (χ1n) is 8.76. The third-order valence-corrected chi connectivity index (χ3v) is 5.17. The Kier molecular flexibility index (Phi) is 4.97. The minimum absolute atomic E-state index is 0.728. The SMILES string of the molecule is CC1CCN(Cc2ccccc2CCNC2CC2)C(C)C1. The lowest BCUT2D eigenvalue weighted by Gasteiger charge is -2.37. The van der Waals surface area contributed by atoms with E-state index in [0.29, 0.717) is 0 Å². The molecular weight excluding hydrogens is 256 g/mol. The van der Waals surface area contributed by atoms with Gasteiger partial charge in [0.2, 0.25) is 0 Å². The molecular formula is C19H30N2. The average Bonchev–Trinajstić information content (AvgIpc) is 3.28. The minimum Gasteiger partial charge on any atom is -0.314 e. The third-order valence-electron chi connectivity index (χ3n) is 5.17. The van der Waals surface area contributed by atoms with E-state index in [1.807, 2.05) is 0 Å². The molecule has 1 saturated carbocycles. The number of piperidine rings is 1. The van der Waals surface area contributed by atoms with Gasteiger partial charge in [0, 0.05) is 18.6 Å². The second kappa shape index (κ2) is 6.93. The minimum atomic E-state index is 0.728. The number of nitrogens with one attached hydrogen (secondary N) is 1. The second-order valence-electron chi connectivity index (χ2n) is 7.20. The maximum atomic E-state index is 3.64. The van der Waals surface area contributed by atoms with Gasteiger partial charge in [-0.3, -0.25) is 4.90 Å². The molecule has 1 aromatic carbocycles. The predicted molar refractivity (Wildman–Crippen MR) is 89.4 cm³/mol. The molecule has 21 heavy (non-hydrogen) atoms. The zero-order chi connectivity index (χ0) is 14.7. The Bertz CT molecular complexity index is 453. The van der Waals surface area contributed by atoms with Crippen molar-refractivity contribution in [2.24, 2.45) is 5.92 Å². The van der Waals surface area contributed by atoms with E-state index >= 15 is 0 Å². The molecule has 2 aliphatic rings. The summed E-state index contributed by atoms with van der Waals surface area (Å²) in [7, 11) is 0. The normalized spacial score (nSPS) is 27.0. The van der Waals surface area contributed by atoms with Crippen LogP contribution in [0, 0.1) is 5.92 Å². The van der Waals surface area contributed by atoms with Crippen molar-refractivity contribution < 1.29 is 0 Å². The lowest BCUT2D eigenvalue weighted by Crippen LogP contribution is -2.39. The molecule has 2 fully saturated rings. The predicted octanol–water partition coefficient (Wildman–Crippen LogP) is 3.60. The first-order chi connectivity index (χ1) is 10.2. The smallest absolute Gasteiger partial charge is 0.0239 e. The molecule has 3 rings (SSSR count). The molecule has 1 heterocycles. The van der Waals surface area contributed by atoms with E-state index in [-0.39, 0.29) is 0 Å². The van der Waals surface area contributed by atoms with Crippen LogP contribution >= 0.6 is 0 Å². The van der Waals surface area contributed by atoms with Gasteiger partial charge in [-0.25, -0.2) is 0 Å². The third kappa shape index (κ3) is 4.31. The summed E-state index contributed by atoms with van der Waals surface area (Å²) < 4.78 is 0. The van der Waals surface area contributed by atoms with Crippen molar-refractivity contribution in [3.63, 3.8) is 0 Å². The molecule has 1 saturated heterocycles. The summed E-state index contributed by atoms with van der Waals surface area (Å²) in [5.41, 5.74) is 3.08. The maximum absolute atomic E-state index is 3.64. The van der Waals surface area contributed by atoms with E-state index in [9.17, 15) is 0 Å². The molecule has 1 N–H and O–H groups in total. The molecule has 1 aliphatic heterocycles. The molecule has 2 nitrogen and oxygen atoms in total. The van der Waals surface area contributed by atoms with Crippen molar-refractivity contribution >= 4 is 0 Å².